The van der Waals surface area contributed by atoms with E-state index in [2.05, 4.69) is 40.9 Å². The molecule has 1 aliphatic heterocycles. The highest BCUT2D eigenvalue weighted by atomic mass is 32.2. The monoisotopic (exact) mass is 239 g/mol. The molecule has 5 heteroatoms. The van der Waals surface area contributed by atoms with Crippen molar-refractivity contribution in [1.29, 1.82) is 0 Å². The highest BCUT2D eigenvalue weighted by Gasteiger charge is 2.15. The Morgan fingerprint density at radius 2 is 2.19 bits per heavy atom. The topological polar surface area (TPSA) is 44.7 Å². The zero-order valence-electron chi connectivity index (χ0n) is 9.75. The fourth-order valence-corrected chi connectivity index (χ4v) is 1.84. The molecule has 1 fully saturated rings. The first kappa shape index (κ1) is 13.1. The molecule has 0 bridgehead atoms. The molecule has 0 aliphatic carbocycles. The van der Waals surface area contributed by atoms with Crippen molar-refractivity contribution in [3.8, 4) is 11.8 Å². The van der Waals surface area contributed by atoms with Gasteiger partial charge in [-0.15, -0.1) is 0 Å². The van der Waals surface area contributed by atoms with Gasteiger partial charge in [0.05, 0.1) is 12.3 Å². The maximum absolute atomic E-state index is 10.8. The maximum Gasteiger partial charge on any atom is 0.284 e. The summed E-state index contributed by atoms with van der Waals surface area (Å²) in [7, 11) is 0. The third kappa shape index (κ3) is 4.69. The molecule has 1 heterocycles. The number of hydrogen-bond donors (Lipinski definition) is 1. The van der Waals surface area contributed by atoms with Crippen LogP contribution in [0.5, 0.6) is 0 Å². The van der Waals surface area contributed by atoms with E-state index < -0.39 is 0 Å². The molecule has 0 radical (unpaired) electrons. The predicted molar refractivity (Wildman–Crippen MR) is 68.9 cm³/mol. The molecule has 0 spiro atoms. The molecule has 88 valence electrons. The van der Waals surface area contributed by atoms with Gasteiger partial charge in [-0.3, -0.25) is 14.7 Å². The normalized spacial score (nSPS) is 17.4. The minimum absolute atomic E-state index is 0.0187. The quantitative estimate of drug-likeness (QED) is 0.749. The third-order valence-corrected chi connectivity index (χ3v) is 3.04. The average Bonchev–Trinajstić information content (AvgIpc) is 2.70. The van der Waals surface area contributed by atoms with Crippen molar-refractivity contribution in [3.63, 3.8) is 0 Å². The van der Waals surface area contributed by atoms with Crippen LogP contribution in [0.25, 0.3) is 0 Å². The number of hydrogen-bond acceptors (Lipinski definition) is 4. The number of amides is 1. The van der Waals surface area contributed by atoms with Gasteiger partial charge in [0.1, 0.15) is 12.4 Å². The van der Waals surface area contributed by atoms with E-state index in [4.69, 9.17) is 0 Å². The van der Waals surface area contributed by atoms with Crippen molar-refractivity contribution in [3.05, 3.63) is 0 Å². The molecular weight excluding hydrogens is 222 g/mol. The van der Waals surface area contributed by atoms with Gasteiger partial charge in [-0.05, 0) is 13.1 Å². The van der Waals surface area contributed by atoms with Crippen LogP contribution in [0.4, 0.5) is 4.79 Å². The number of nitrogens with one attached hydrogen (secondary N) is 1. The zero-order chi connectivity index (χ0) is 11.8. The number of rotatable bonds is 4. The van der Waals surface area contributed by atoms with Gasteiger partial charge < -0.3 is 5.32 Å². The molecule has 0 atom stereocenters. The number of nitrogens with zero attached hydrogens (tertiary/aromatic N) is 2. The first-order chi connectivity index (χ1) is 7.76. The van der Waals surface area contributed by atoms with Crippen LogP contribution in [0.3, 0.4) is 0 Å². The average molecular weight is 239 g/mol. The van der Waals surface area contributed by atoms with Crippen LogP contribution in [0.15, 0.2) is 4.99 Å². The van der Waals surface area contributed by atoms with Crippen molar-refractivity contribution in [2.24, 2.45) is 4.99 Å². The van der Waals surface area contributed by atoms with E-state index in [1.165, 1.54) is 11.8 Å². The largest absolute Gasteiger partial charge is 0.304 e. The van der Waals surface area contributed by atoms with Gasteiger partial charge in [0.2, 0.25) is 0 Å². The van der Waals surface area contributed by atoms with E-state index in [0.717, 1.165) is 25.5 Å². The Kier molecular flexibility index (Phi) is 5.98. The fraction of sp³-hybridized carbons (Fsp3) is 0.636. The highest BCUT2D eigenvalue weighted by Crippen LogP contribution is 2.08. The molecular formula is C11H17N3OS. The standard InChI is InChI=1S/C11H17N3OS/c1-3-14(4-2)8-6-5-7-12-10-9-16-11(15)13-10/h3-4,7-9H2,1-2H3,(H,12,13,15). The Morgan fingerprint density at radius 3 is 2.75 bits per heavy atom. The summed E-state index contributed by atoms with van der Waals surface area (Å²) in [4.78, 5) is 17.3. The van der Waals surface area contributed by atoms with Crippen LogP contribution in [0, 0.1) is 11.8 Å². The van der Waals surface area contributed by atoms with E-state index in [1.54, 1.807) is 0 Å². The molecule has 1 aliphatic rings. The summed E-state index contributed by atoms with van der Waals surface area (Å²) in [5.41, 5.74) is 0. The van der Waals surface area contributed by atoms with Gasteiger partial charge in [-0.25, -0.2) is 0 Å². The molecule has 1 rings (SSSR count). The van der Waals surface area contributed by atoms with Gasteiger partial charge in [0.15, 0.2) is 0 Å². The Bertz CT molecular complexity index is 326. The second-order valence-corrected chi connectivity index (χ2v) is 4.23. The van der Waals surface area contributed by atoms with E-state index in [9.17, 15) is 4.79 Å². The molecule has 1 saturated heterocycles. The molecule has 0 aromatic carbocycles. The molecule has 1 amide bonds. The van der Waals surface area contributed by atoms with Gasteiger partial charge >= 0.3 is 0 Å². The van der Waals surface area contributed by atoms with Gasteiger partial charge in [-0.1, -0.05) is 37.5 Å². The van der Waals surface area contributed by atoms with Crippen LogP contribution in [0.1, 0.15) is 13.8 Å². The molecule has 16 heavy (non-hydrogen) atoms. The zero-order valence-corrected chi connectivity index (χ0v) is 10.6. The lowest BCUT2D eigenvalue weighted by Gasteiger charge is -2.12. The predicted octanol–water partition coefficient (Wildman–Crippen LogP) is 1.19. The second kappa shape index (κ2) is 7.31. The summed E-state index contributed by atoms with van der Waals surface area (Å²) in [5.74, 6) is 7.45. The Balaban J connectivity index is 2.24. The summed E-state index contributed by atoms with van der Waals surface area (Å²) < 4.78 is 0. The molecule has 0 aromatic rings. The molecule has 0 unspecified atom stereocenters. The van der Waals surface area contributed by atoms with Gasteiger partial charge in [-0.2, -0.15) is 0 Å². The highest BCUT2D eigenvalue weighted by molar-refractivity contribution is 8.14. The lowest BCUT2D eigenvalue weighted by atomic mass is 10.4. The number of carbonyl (C=O) groups is 1. The molecule has 0 aromatic heterocycles. The van der Waals surface area contributed by atoms with E-state index in [-0.39, 0.29) is 5.24 Å². The first-order valence-corrected chi connectivity index (χ1v) is 6.40. The summed E-state index contributed by atoms with van der Waals surface area (Å²) in [6.45, 7) is 7.54. The Hall–Kier alpha value is -0.990. The Labute approximate surface area is 101 Å². The van der Waals surface area contributed by atoms with Crippen LogP contribution in [-0.2, 0) is 0 Å². The number of carbonyl (C=O) groups excluding carboxylic acids is 1. The SMILES string of the molecule is CCN(CC)CC#CCN=C1CSC(=O)N1. The van der Waals surface area contributed by atoms with Crippen LogP contribution in [-0.4, -0.2) is 47.9 Å². The van der Waals surface area contributed by atoms with Crippen LogP contribution >= 0.6 is 11.8 Å². The molecule has 1 N–H and O–H groups in total. The molecule has 4 nitrogen and oxygen atoms in total. The number of amidine groups is 1. The summed E-state index contributed by atoms with van der Waals surface area (Å²) in [6, 6.07) is 0. The maximum atomic E-state index is 10.8. The molecule has 0 saturated carbocycles. The smallest absolute Gasteiger partial charge is 0.284 e. The van der Waals surface area contributed by atoms with Crippen molar-refractivity contribution in [2.45, 2.75) is 13.8 Å². The third-order valence-electron chi connectivity index (χ3n) is 2.26. The van der Waals surface area contributed by atoms with Crippen molar-refractivity contribution in [1.82, 2.24) is 10.2 Å². The summed E-state index contributed by atoms with van der Waals surface area (Å²) >= 11 is 1.24. The van der Waals surface area contributed by atoms with Gasteiger partial charge in [0, 0.05) is 0 Å². The van der Waals surface area contributed by atoms with Crippen LogP contribution < -0.4 is 5.32 Å². The minimum atomic E-state index is -0.0187. The van der Waals surface area contributed by atoms with Gasteiger partial charge in [0.25, 0.3) is 5.24 Å². The van der Waals surface area contributed by atoms with E-state index in [0.29, 0.717) is 12.3 Å². The van der Waals surface area contributed by atoms with Crippen LogP contribution in [0.2, 0.25) is 0 Å². The van der Waals surface area contributed by atoms with E-state index in [1.807, 2.05) is 0 Å². The van der Waals surface area contributed by atoms with E-state index >= 15 is 0 Å². The van der Waals surface area contributed by atoms with Crippen molar-refractivity contribution < 1.29 is 4.79 Å². The summed E-state index contributed by atoms with van der Waals surface area (Å²) in [5, 5.41) is 2.65. The Morgan fingerprint density at radius 1 is 1.44 bits per heavy atom. The number of thioether (sulfide) groups is 1. The lowest BCUT2D eigenvalue weighted by Crippen LogP contribution is -2.23. The summed E-state index contributed by atoms with van der Waals surface area (Å²) in [6.07, 6.45) is 0. The minimum Gasteiger partial charge on any atom is -0.304 e. The van der Waals surface area contributed by atoms with Crippen molar-refractivity contribution in [2.75, 3.05) is 31.9 Å². The second-order valence-electron chi connectivity index (χ2n) is 3.28. The lowest BCUT2D eigenvalue weighted by molar-refractivity contribution is 0.265. The number of aliphatic imine (C=N–C) groups is 1. The van der Waals surface area contributed by atoms with Crippen molar-refractivity contribution >= 4 is 22.8 Å². The fourth-order valence-electron chi connectivity index (χ4n) is 1.21. The first-order valence-electron chi connectivity index (χ1n) is 5.41.